The first-order valence-corrected chi connectivity index (χ1v) is 9.37. The molecule has 140 valence electrons. The monoisotopic (exact) mass is 404 g/mol. The van der Waals surface area contributed by atoms with Crippen LogP contribution in [-0.2, 0) is 15.2 Å². The largest absolute Gasteiger partial charge is 0.466 e. The molecule has 2 amide bonds. The van der Waals surface area contributed by atoms with Gasteiger partial charge in [-0.05, 0) is 53.6 Å². The van der Waals surface area contributed by atoms with Crippen LogP contribution < -0.4 is 10.6 Å². The Morgan fingerprint density at radius 3 is 2.70 bits per heavy atom. The molecule has 0 spiro atoms. The van der Waals surface area contributed by atoms with Crippen molar-refractivity contribution in [3.05, 3.63) is 75.3 Å². The smallest absolute Gasteiger partial charge is 0.313 e. The molecule has 2 heterocycles. The van der Waals surface area contributed by atoms with Gasteiger partial charge in [-0.1, -0.05) is 17.7 Å². The predicted molar refractivity (Wildman–Crippen MR) is 104 cm³/mol. The van der Waals surface area contributed by atoms with Gasteiger partial charge in [-0.15, -0.1) is 0 Å². The fourth-order valence-electron chi connectivity index (χ4n) is 2.56. The molecule has 0 radical (unpaired) electrons. The standard InChI is InChI=1S/C19H17ClN2O4S/c1-12-14(20)4-2-5-15(12)22-18(24)17(23)21-11-19(25,13-7-9-27-10-13)16-6-3-8-26-16/h2-10,25H,11H2,1H3,(H,21,23)(H,22,24). The zero-order valence-electron chi connectivity index (χ0n) is 14.4. The molecule has 0 bridgehead atoms. The minimum atomic E-state index is -1.58. The van der Waals surface area contributed by atoms with Gasteiger partial charge in [0.1, 0.15) is 5.76 Å². The van der Waals surface area contributed by atoms with Gasteiger partial charge in [-0.25, -0.2) is 0 Å². The number of thiophene rings is 1. The molecule has 0 saturated carbocycles. The number of anilines is 1. The lowest BCUT2D eigenvalue weighted by molar-refractivity contribution is -0.136. The molecule has 3 aromatic rings. The van der Waals surface area contributed by atoms with E-state index in [0.29, 0.717) is 21.8 Å². The average Bonchev–Trinajstić information content (AvgIpc) is 3.37. The fraction of sp³-hybridized carbons (Fsp3) is 0.158. The van der Waals surface area contributed by atoms with Crippen molar-refractivity contribution in [3.63, 3.8) is 0 Å². The molecular weight excluding hydrogens is 388 g/mol. The number of furan rings is 1. The number of hydrogen-bond acceptors (Lipinski definition) is 5. The number of rotatable bonds is 5. The topological polar surface area (TPSA) is 91.6 Å². The van der Waals surface area contributed by atoms with E-state index in [1.165, 1.54) is 17.6 Å². The summed E-state index contributed by atoms with van der Waals surface area (Å²) >= 11 is 7.42. The van der Waals surface area contributed by atoms with Gasteiger partial charge in [0.2, 0.25) is 0 Å². The maximum atomic E-state index is 12.2. The molecule has 1 aromatic carbocycles. The van der Waals surface area contributed by atoms with Crippen molar-refractivity contribution in [2.45, 2.75) is 12.5 Å². The Bertz CT molecular complexity index is 905. The zero-order valence-corrected chi connectivity index (χ0v) is 15.9. The second-order valence-corrected chi connectivity index (χ2v) is 7.09. The Hall–Kier alpha value is -2.61. The Morgan fingerprint density at radius 1 is 1.22 bits per heavy atom. The number of halogens is 1. The van der Waals surface area contributed by atoms with Crippen molar-refractivity contribution in [2.24, 2.45) is 0 Å². The molecule has 0 saturated heterocycles. The molecule has 3 rings (SSSR count). The molecule has 1 unspecified atom stereocenters. The van der Waals surface area contributed by atoms with Gasteiger partial charge in [-0.2, -0.15) is 11.3 Å². The summed E-state index contributed by atoms with van der Waals surface area (Å²) in [5, 5.41) is 20.1. The second kappa shape index (κ2) is 7.96. The summed E-state index contributed by atoms with van der Waals surface area (Å²) in [5.41, 5.74) is 0.0899. The van der Waals surface area contributed by atoms with Crippen LogP contribution in [-0.4, -0.2) is 23.5 Å². The van der Waals surface area contributed by atoms with Crippen LogP contribution in [0.1, 0.15) is 16.9 Å². The molecule has 0 aliphatic rings. The van der Waals surface area contributed by atoms with Gasteiger partial charge in [0.25, 0.3) is 0 Å². The van der Waals surface area contributed by atoms with Crippen molar-refractivity contribution in [2.75, 3.05) is 11.9 Å². The summed E-state index contributed by atoms with van der Waals surface area (Å²) < 4.78 is 5.33. The quantitative estimate of drug-likeness (QED) is 0.569. The Kier molecular flexibility index (Phi) is 5.65. The highest BCUT2D eigenvalue weighted by molar-refractivity contribution is 7.08. The highest BCUT2D eigenvalue weighted by atomic mass is 35.5. The van der Waals surface area contributed by atoms with E-state index < -0.39 is 17.4 Å². The van der Waals surface area contributed by atoms with E-state index in [4.69, 9.17) is 16.0 Å². The predicted octanol–water partition coefficient (Wildman–Crippen LogP) is 3.29. The highest BCUT2D eigenvalue weighted by Crippen LogP contribution is 2.31. The van der Waals surface area contributed by atoms with Crippen LogP contribution in [0.2, 0.25) is 5.02 Å². The highest BCUT2D eigenvalue weighted by Gasteiger charge is 2.36. The molecule has 3 N–H and O–H groups in total. The van der Waals surface area contributed by atoms with Gasteiger partial charge >= 0.3 is 11.8 Å². The summed E-state index contributed by atoms with van der Waals surface area (Å²) in [6, 6.07) is 10.0. The minimum absolute atomic E-state index is 0.224. The number of hydrogen-bond donors (Lipinski definition) is 3. The number of carbonyl (C=O) groups is 2. The second-order valence-electron chi connectivity index (χ2n) is 5.90. The normalized spacial score (nSPS) is 13.0. The average molecular weight is 405 g/mol. The first-order chi connectivity index (χ1) is 12.9. The first-order valence-electron chi connectivity index (χ1n) is 8.05. The molecule has 8 heteroatoms. The molecule has 1 atom stereocenters. The van der Waals surface area contributed by atoms with Crippen LogP contribution in [0.3, 0.4) is 0 Å². The van der Waals surface area contributed by atoms with Crippen molar-refractivity contribution < 1.29 is 19.1 Å². The van der Waals surface area contributed by atoms with Crippen LogP contribution >= 0.6 is 22.9 Å². The summed E-state index contributed by atoms with van der Waals surface area (Å²) in [6.07, 6.45) is 1.43. The maximum absolute atomic E-state index is 12.2. The van der Waals surface area contributed by atoms with E-state index in [1.54, 1.807) is 54.1 Å². The molecule has 0 fully saturated rings. The fourth-order valence-corrected chi connectivity index (χ4v) is 3.45. The maximum Gasteiger partial charge on any atom is 0.313 e. The third-order valence-corrected chi connectivity index (χ3v) is 5.25. The third-order valence-electron chi connectivity index (χ3n) is 4.15. The molecule has 6 nitrogen and oxygen atoms in total. The van der Waals surface area contributed by atoms with E-state index in [2.05, 4.69) is 10.6 Å². The molecule has 27 heavy (non-hydrogen) atoms. The summed E-state index contributed by atoms with van der Waals surface area (Å²) in [7, 11) is 0. The Balaban J connectivity index is 1.71. The van der Waals surface area contributed by atoms with Gasteiger partial charge in [0.05, 0.1) is 12.8 Å². The third kappa shape index (κ3) is 4.05. The number of nitrogens with one attached hydrogen (secondary N) is 2. The Morgan fingerprint density at radius 2 is 2.04 bits per heavy atom. The number of aliphatic hydroxyl groups is 1. The van der Waals surface area contributed by atoms with Crippen molar-refractivity contribution in [1.29, 1.82) is 0 Å². The van der Waals surface area contributed by atoms with Gasteiger partial charge in [-0.3, -0.25) is 9.59 Å². The lowest BCUT2D eigenvalue weighted by Crippen LogP contribution is -2.45. The summed E-state index contributed by atoms with van der Waals surface area (Å²) in [4.78, 5) is 24.4. The van der Waals surface area contributed by atoms with Crippen LogP contribution in [0.4, 0.5) is 5.69 Å². The van der Waals surface area contributed by atoms with Crippen molar-refractivity contribution in [1.82, 2.24) is 5.32 Å². The van der Waals surface area contributed by atoms with Crippen LogP contribution in [0.5, 0.6) is 0 Å². The van der Waals surface area contributed by atoms with Gasteiger partial charge in [0, 0.05) is 16.3 Å². The first kappa shape index (κ1) is 19.2. The molecular formula is C19H17ClN2O4S. The van der Waals surface area contributed by atoms with Gasteiger partial charge in [0.15, 0.2) is 5.60 Å². The van der Waals surface area contributed by atoms with Crippen LogP contribution in [0.25, 0.3) is 0 Å². The SMILES string of the molecule is Cc1c(Cl)cccc1NC(=O)C(=O)NCC(O)(c1ccsc1)c1ccco1. The minimum Gasteiger partial charge on any atom is -0.466 e. The van der Waals surface area contributed by atoms with E-state index >= 15 is 0 Å². The Labute approximate surface area is 164 Å². The number of amides is 2. The van der Waals surface area contributed by atoms with E-state index in [9.17, 15) is 14.7 Å². The molecule has 2 aromatic heterocycles. The lowest BCUT2D eigenvalue weighted by atomic mass is 9.93. The lowest BCUT2D eigenvalue weighted by Gasteiger charge is -2.25. The molecule has 0 aliphatic carbocycles. The number of carbonyl (C=O) groups excluding carboxylic acids is 2. The van der Waals surface area contributed by atoms with E-state index in [0.717, 1.165) is 0 Å². The van der Waals surface area contributed by atoms with Crippen LogP contribution in [0, 0.1) is 6.92 Å². The summed E-state index contributed by atoms with van der Waals surface area (Å²) in [5.74, 6) is -1.46. The van der Waals surface area contributed by atoms with Crippen LogP contribution in [0.15, 0.2) is 57.8 Å². The van der Waals surface area contributed by atoms with E-state index in [1.807, 2.05) is 0 Å². The zero-order chi connectivity index (χ0) is 19.4. The van der Waals surface area contributed by atoms with Gasteiger partial charge < -0.3 is 20.2 Å². The van der Waals surface area contributed by atoms with Crippen molar-refractivity contribution >= 4 is 40.4 Å². The van der Waals surface area contributed by atoms with E-state index in [-0.39, 0.29) is 12.3 Å². The molecule has 0 aliphatic heterocycles. The van der Waals surface area contributed by atoms with Crippen molar-refractivity contribution in [3.8, 4) is 0 Å². The number of benzene rings is 1. The summed E-state index contributed by atoms with van der Waals surface area (Å²) in [6.45, 7) is 1.51.